The number of amides is 1. The number of carbonyl (C=O) groups excluding carboxylic acids is 1. The van der Waals surface area contributed by atoms with Gasteiger partial charge in [-0.25, -0.2) is 0 Å². The average Bonchev–Trinajstić information content (AvgIpc) is 3.29. The van der Waals surface area contributed by atoms with Crippen molar-refractivity contribution in [2.75, 3.05) is 0 Å². The monoisotopic (exact) mass is 249 g/mol. The Bertz CT molecular complexity index is 362. The molecule has 1 amide bonds. The van der Waals surface area contributed by atoms with Crippen LogP contribution in [0.5, 0.6) is 0 Å². The zero-order chi connectivity index (χ0) is 12.3. The van der Waals surface area contributed by atoms with Crippen LogP contribution in [-0.2, 0) is 9.53 Å². The number of ether oxygens (including phenoxy) is 1. The first-order valence-electron chi connectivity index (χ1n) is 7.71. The summed E-state index contributed by atoms with van der Waals surface area (Å²) in [6.45, 7) is 2.27. The highest BCUT2D eigenvalue weighted by molar-refractivity contribution is 5.81. The lowest BCUT2D eigenvalue weighted by Gasteiger charge is -2.33. The van der Waals surface area contributed by atoms with Crippen molar-refractivity contribution in [3.05, 3.63) is 0 Å². The van der Waals surface area contributed by atoms with Gasteiger partial charge >= 0.3 is 0 Å². The lowest BCUT2D eigenvalue weighted by atomic mass is 9.87. The van der Waals surface area contributed by atoms with Gasteiger partial charge in [0.1, 0.15) is 0 Å². The molecule has 4 unspecified atom stereocenters. The summed E-state index contributed by atoms with van der Waals surface area (Å²) in [6, 6.07) is 1.04. The molecule has 3 nitrogen and oxygen atoms in total. The third kappa shape index (κ3) is 1.78. The zero-order valence-electron chi connectivity index (χ0n) is 11.2. The van der Waals surface area contributed by atoms with E-state index < -0.39 is 0 Å². The summed E-state index contributed by atoms with van der Waals surface area (Å²) in [6.07, 6.45) is 9.01. The van der Waals surface area contributed by atoms with E-state index >= 15 is 0 Å². The van der Waals surface area contributed by atoms with E-state index in [1.54, 1.807) is 0 Å². The van der Waals surface area contributed by atoms with Gasteiger partial charge in [0.15, 0.2) is 0 Å². The lowest BCUT2D eigenvalue weighted by Crippen LogP contribution is -2.46. The molecule has 2 aliphatic heterocycles. The van der Waals surface area contributed by atoms with E-state index in [1.165, 1.54) is 32.1 Å². The molecule has 0 aromatic carbocycles. The van der Waals surface area contributed by atoms with Crippen molar-refractivity contribution in [2.45, 2.75) is 76.2 Å². The third-order valence-electron chi connectivity index (χ3n) is 5.36. The first-order valence-corrected chi connectivity index (χ1v) is 7.71. The maximum atomic E-state index is 12.8. The normalized spacial score (nSPS) is 39.9. The van der Waals surface area contributed by atoms with E-state index in [4.69, 9.17) is 4.74 Å². The predicted octanol–water partition coefficient (Wildman–Crippen LogP) is 2.34. The Labute approximate surface area is 109 Å². The Balaban J connectivity index is 1.50. The van der Waals surface area contributed by atoms with Gasteiger partial charge in [0, 0.05) is 12.1 Å². The van der Waals surface area contributed by atoms with Crippen LogP contribution < -0.4 is 0 Å². The molecule has 3 heteroatoms. The van der Waals surface area contributed by atoms with E-state index in [0.29, 0.717) is 24.1 Å². The molecular weight excluding hydrogens is 226 g/mol. The van der Waals surface area contributed by atoms with E-state index in [9.17, 15) is 4.79 Å². The highest BCUT2D eigenvalue weighted by Crippen LogP contribution is 2.44. The van der Waals surface area contributed by atoms with Crippen molar-refractivity contribution < 1.29 is 9.53 Å². The van der Waals surface area contributed by atoms with Gasteiger partial charge in [0.25, 0.3) is 0 Å². The molecule has 100 valence electrons. The first-order chi connectivity index (χ1) is 8.74. The van der Waals surface area contributed by atoms with Gasteiger partial charge in [-0.3, -0.25) is 4.79 Å². The summed E-state index contributed by atoms with van der Waals surface area (Å²) in [5, 5.41) is 0. The van der Waals surface area contributed by atoms with Crippen LogP contribution in [-0.4, -0.2) is 35.1 Å². The summed E-state index contributed by atoms with van der Waals surface area (Å²) < 4.78 is 5.86. The SMILES string of the molecule is CC(C1CC1)N(C(=O)C1CC2CCC1O2)C1CC1. The molecule has 2 saturated heterocycles. The molecule has 4 rings (SSSR count). The molecule has 0 radical (unpaired) electrons. The fraction of sp³-hybridized carbons (Fsp3) is 0.933. The summed E-state index contributed by atoms with van der Waals surface area (Å²) in [4.78, 5) is 15.1. The summed E-state index contributed by atoms with van der Waals surface area (Å²) >= 11 is 0. The molecule has 4 aliphatic rings. The van der Waals surface area contributed by atoms with Crippen molar-refractivity contribution in [3.63, 3.8) is 0 Å². The standard InChI is InChI=1S/C15H23NO2/c1-9(10-2-3-10)16(11-4-5-11)15(17)13-8-12-6-7-14(13)18-12/h9-14H,2-8H2,1H3. The van der Waals surface area contributed by atoms with Crippen molar-refractivity contribution >= 4 is 5.91 Å². The highest BCUT2D eigenvalue weighted by atomic mass is 16.5. The van der Waals surface area contributed by atoms with Gasteiger partial charge in [-0.2, -0.15) is 0 Å². The van der Waals surface area contributed by atoms with E-state index in [0.717, 1.165) is 18.8 Å². The van der Waals surface area contributed by atoms with E-state index in [1.807, 2.05) is 0 Å². The number of fused-ring (bicyclic) bond motifs is 2. The summed E-state index contributed by atoms with van der Waals surface area (Å²) in [5.74, 6) is 1.39. The van der Waals surface area contributed by atoms with Crippen LogP contribution >= 0.6 is 0 Å². The van der Waals surface area contributed by atoms with Crippen molar-refractivity contribution in [2.24, 2.45) is 11.8 Å². The molecule has 0 N–H and O–H groups in total. The number of carbonyl (C=O) groups is 1. The van der Waals surface area contributed by atoms with Crippen molar-refractivity contribution in [1.29, 1.82) is 0 Å². The Kier molecular flexibility index (Phi) is 2.48. The minimum atomic E-state index is 0.186. The molecule has 2 aliphatic carbocycles. The van der Waals surface area contributed by atoms with Crippen LogP contribution in [0.25, 0.3) is 0 Å². The molecule has 18 heavy (non-hydrogen) atoms. The molecule has 4 atom stereocenters. The number of hydrogen-bond acceptors (Lipinski definition) is 2. The quantitative estimate of drug-likeness (QED) is 0.765. The van der Waals surface area contributed by atoms with Gasteiger partial charge in [-0.05, 0) is 57.8 Å². The van der Waals surface area contributed by atoms with Gasteiger partial charge in [0.2, 0.25) is 5.91 Å². The predicted molar refractivity (Wildman–Crippen MR) is 68.1 cm³/mol. The van der Waals surface area contributed by atoms with Gasteiger partial charge in [-0.15, -0.1) is 0 Å². The molecule has 2 saturated carbocycles. The van der Waals surface area contributed by atoms with E-state index in [-0.39, 0.29) is 12.0 Å². The fourth-order valence-corrected chi connectivity index (χ4v) is 3.96. The second-order valence-electron chi connectivity index (χ2n) is 6.77. The minimum Gasteiger partial charge on any atom is -0.374 e. The van der Waals surface area contributed by atoms with Crippen LogP contribution in [0, 0.1) is 11.8 Å². The molecule has 0 spiro atoms. The molecular formula is C15H23NO2. The molecule has 2 heterocycles. The maximum Gasteiger partial charge on any atom is 0.228 e. The van der Waals surface area contributed by atoms with E-state index in [2.05, 4.69) is 11.8 Å². The van der Waals surface area contributed by atoms with Gasteiger partial charge in [0.05, 0.1) is 18.1 Å². The highest BCUT2D eigenvalue weighted by Gasteiger charge is 2.50. The largest absolute Gasteiger partial charge is 0.374 e. The Hall–Kier alpha value is -0.570. The van der Waals surface area contributed by atoms with Crippen LogP contribution in [0.4, 0.5) is 0 Å². The van der Waals surface area contributed by atoms with Crippen molar-refractivity contribution in [3.8, 4) is 0 Å². The average molecular weight is 249 g/mol. The second-order valence-corrected chi connectivity index (χ2v) is 6.77. The minimum absolute atomic E-state index is 0.186. The zero-order valence-corrected chi connectivity index (χ0v) is 11.2. The number of nitrogens with zero attached hydrogens (tertiary/aromatic N) is 1. The van der Waals surface area contributed by atoms with Crippen LogP contribution in [0.3, 0.4) is 0 Å². The molecule has 0 aromatic heterocycles. The van der Waals surface area contributed by atoms with Gasteiger partial charge in [-0.1, -0.05) is 0 Å². The first kappa shape index (κ1) is 11.3. The smallest absolute Gasteiger partial charge is 0.228 e. The third-order valence-corrected chi connectivity index (χ3v) is 5.36. The fourth-order valence-electron chi connectivity index (χ4n) is 3.96. The maximum absolute atomic E-state index is 12.8. The molecule has 0 aromatic rings. The number of hydrogen-bond donors (Lipinski definition) is 0. The number of rotatable bonds is 4. The summed E-state index contributed by atoms with van der Waals surface area (Å²) in [7, 11) is 0. The Morgan fingerprint density at radius 2 is 1.94 bits per heavy atom. The van der Waals surface area contributed by atoms with Crippen molar-refractivity contribution in [1.82, 2.24) is 4.90 Å². The summed E-state index contributed by atoms with van der Waals surface area (Å²) in [5.41, 5.74) is 0. The molecule has 4 fully saturated rings. The van der Waals surface area contributed by atoms with Crippen LogP contribution in [0.1, 0.15) is 51.9 Å². The Morgan fingerprint density at radius 3 is 2.44 bits per heavy atom. The van der Waals surface area contributed by atoms with Crippen LogP contribution in [0.15, 0.2) is 0 Å². The van der Waals surface area contributed by atoms with Crippen LogP contribution in [0.2, 0.25) is 0 Å². The van der Waals surface area contributed by atoms with Gasteiger partial charge < -0.3 is 9.64 Å². The lowest BCUT2D eigenvalue weighted by molar-refractivity contribution is -0.140. The Morgan fingerprint density at radius 1 is 1.17 bits per heavy atom. The molecule has 2 bridgehead atoms. The second kappa shape index (κ2) is 3.96. The topological polar surface area (TPSA) is 29.5 Å².